The van der Waals surface area contributed by atoms with Crippen LogP contribution in [0.4, 0.5) is 13.2 Å². The van der Waals surface area contributed by atoms with E-state index in [4.69, 9.17) is 11.6 Å². The minimum Gasteiger partial charge on any atom is -0.341 e. The SMILES string of the molecule is Cc1cc(C(C)(CCN2CCC(NS(C)(=O)=O)CC2)C(=O)N(C)Cc2ccc(C(F)(F)F)nc2)ccc1Cl. The third-order valence-corrected chi connectivity index (χ3v) is 8.23. The first kappa shape index (κ1) is 30.3. The van der Waals surface area contributed by atoms with Crippen LogP contribution in [-0.4, -0.2) is 68.1 Å². The fourth-order valence-electron chi connectivity index (χ4n) is 4.77. The summed E-state index contributed by atoms with van der Waals surface area (Å²) < 4.78 is 64.4. The van der Waals surface area contributed by atoms with Crippen LogP contribution in [0.15, 0.2) is 36.5 Å². The Hall–Kier alpha value is -2.21. The van der Waals surface area contributed by atoms with E-state index in [0.717, 1.165) is 29.6 Å². The van der Waals surface area contributed by atoms with Gasteiger partial charge in [-0.25, -0.2) is 13.1 Å². The number of piperidine rings is 1. The molecule has 1 atom stereocenters. The molecule has 38 heavy (non-hydrogen) atoms. The number of aryl methyl sites for hydroxylation is 1. The lowest BCUT2D eigenvalue weighted by atomic mass is 9.77. The second-order valence-electron chi connectivity index (χ2n) is 10.3. The molecule has 2 heterocycles. The van der Waals surface area contributed by atoms with E-state index in [2.05, 4.69) is 14.6 Å². The lowest BCUT2D eigenvalue weighted by Crippen LogP contribution is -2.48. The number of likely N-dealkylation sites (tertiary alicyclic amines) is 1. The van der Waals surface area contributed by atoms with E-state index in [1.807, 2.05) is 26.0 Å². The molecule has 1 amide bonds. The van der Waals surface area contributed by atoms with Crippen LogP contribution in [0, 0.1) is 6.92 Å². The smallest absolute Gasteiger partial charge is 0.341 e. The van der Waals surface area contributed by atoms with Gasteiger partial charge in [0.15, 0.2) is 0 Å². The Morgan fingerprint density at radius 1 is 1.21 bits per heavy atom. The van der Waals surface area contributed by atoms with Crippen molar-refractivity contribution in [1.29, 1.82) is 0 Å². The van der Waals surface area contributed by atoms with Gasteiger partial charge in [-0.3, -0.25) is 9.78 Å². The number of alkyl halides is 3. The van der Waals surface area contributed by atoms with Crippen molar-refractivity contribution < 1.29 is 26.4 Å². The summed E-state index contributed by atoms with van der Waals surface area (Å²) in [4.78, 5) is 21.1. The van der Waals surface area contributed by atoms with Crippen LogP contribution in [0.1, 0.15) is 48.6 Å². The van der Waals surface area contributed by atoms with Gasteiger partial charge in [0, 0.05) is 30.9 Å². The van der Waals surface area contributed by atoms with Gasteiger partial charge in [-0.2, -0.15) is 13.2 Å². The number of halogens is 4. The zero-order valence-electron chi connectivity index (χ0n) is 22.0. The largest absolute Gasteiger partial charge is 0.433 e. The predicted octanol–water partition coefficient (Wildman–Crippen LogP) is 4.38. The van der Waals surface area contributed by atoms with Gasteiger partial charge in [0.1, 0.15) is 5.69 Å². The number of rotatable bonds is 9. The summed E-state index contributed by atoms with van der Waals surface area (Å²) in [7, 11) is -1.64. The molecule has 0 spiro atoms. The average molecular weight is 575 g/mol. The first-order chi connectivity index (χ1) is 17.6. The predicted molar refractivity (Wildman–Crippen MR) is 141 cm³/mol. The number of aromatic nitrogens is 1. The zero-order chi connectivity index (χ0) is 28.3. The highest BCUT2D eigenvalue weighted by molar-refractivity contribution is 7.88. The minimum atomic E-state index is -4.53. The van der Waals surface area contributed by atoms with Gasteiger partial charge in [0.25, 0.3) is 0 Å². The maximum absolute atomic E-state index is 13.9. The number of nitrogens with zero attached hydrogens (tertiary/aromatic N) is 3. The molecule has 0 bridgehead atoms. The van der Waals surface area contributed by atoms with Gasteiger partial charge in [-0.05, 0) is 81.6 Å². The summed E-state index contributed by atoms with van der Waals surface area (Å²) in [5, 5.41) is 0.591. The van der Waals surface area contributed by atoms with Crippen molar-refractivity contribution in [3.05, 3.63) is 63.9 Å². The van der Waals surface area contributed by atoms with Gasteiger partial charge in [0.05, 0.1) is 11.7 Å². The Morgan fingerprint density at radius 3 is 2.39 bits per heavy atom. The van der Waals surface area contributed by atoms with Gasteiger partial charge < -0.3 is 9.80 Å². The summed E-state index contributed by atoms with van der Waals surface area (Å²) >= 11 is 6.24. The number of amides is 1. The number of hydrogen-bond acceptors (Lipinski definition) is 5. The summed E-state index contributed by atoms with van der Waals surface area (Å²) in [6.45, 7) is 5.86. The Bertz CT molecular complexity index is 1230. The maximum Gasteiger partial charge on any atom is 0.433 e. The van der Waals surface area contributed by atoms with Crippen molar-refractivity contribution in [1.82, 2.24) is 19.5 Å². The number of sulfonamides is 1. The van der Waals surface area contributed by atoms with E-state index < -0.39 is 27.3 Å². The van der Waals surface area contributed by atoms with Gasteiger partial charge in [-0.1, -0.05) is 29.8 Å². The monoisotopic (exact) mass is 574 g/mol. The Kier molecular flexibility index (Phi) is 9.49. The summed E-state index contributed by atoms with van der Waals surface area (Å²) in [6.07, 6.45) is -0.378. The van der Waals surface area contributed by atoms with Crippen molar-refractivity contribution in [2.24, 2.45) is 0 Å². The molecule has 2 aromatic rings. The number of benzene rings is 1. The molecule has 1 unspecified atom stereocenters. The lowest BCUT2D eigenvalue weighted by Gasteiger charge is -2.37. The van der Waals surface area contributed by atoms with Crippen molar-refractivity contribution in [3.63, 3.8) is 0 Å². The third kappa shape index (κ3) is 7.91. The van der Waals surface area contributed by atoms with Crippen LogP contribution in [0.2, 0.25) is 5.02 Å². The fraction of sp³-hybridized carbons (Fsp3) is 0.538. The van der Waals surface area contributed by atoms with Crippen molar-refractivity contribution in [2.45, 2.75) is 57.3 Å². The molecule has 0 saturated carbocycles. The zero-order valence-corrected chi connectivity index (χ0v) is 23.6. The van der Waals surface area contributed by atoms with Crippen LogP contribution in [0.5, 0.6) is 0 Å². The van der Waals surface area contributed by atoms with Crippen molar-refractivity contribution >= 4 is 27.5 Å². The number of nitrogens with one attached hydrogen (secondary N) is 1. The molecule has 1 aromatic heterocycles. The Labute approximate surface area is 227 Å². The highest BCUT2D eigenvalue weighted by Crippen LogP contribution is 2.34. The van der Waals surface area contributed by atoms with Crippen molar-refractivity contribution in [2.75, 3.05) is 32.9 Å². The molecule has 1 fully saturated rings. The maximum atomic E-state index is 13.9. The molecule has 0 radical (unpaired) electrons. The number of pyridine rings is 1. The Balaban J connectivity index is 1.76. The molecular weight excluding hydrogens is 541 g/mol. The van der Waals surface area contributed by atoms with E-state index in [9.17, 15) is 26.4 Å². The minimum absolute atomic E-state index is 0.100. The third-order valence-electron chi connectivity index (χ3n) is 7.05. The Morgan fingerprint density at radius 2 is 1.87 bits per heavy atom. The van der Waals surface area contributed by atoms with Gasteiger partial charge in [0.2, 0.25) is 15.9 Å². The molecule has 1 saturated heterocycles. The van der Waals surface area contributed by atoms with Crippen LogP contribution < -0.4 is 4.72 Å². The first-order valence-electron chi connectivity index (χ1n) is 12.3. The van der Waals surface area contributed by atoms with Crippen LogP contribution in [-0.2, 0) is 33.0 Å². The standard InChI is InChI=1S/C26H34ClF3N4O3S/c1-18-15-20(6-7-22(18)27)25(2,11-14-34-12-9-21(10-13-34)32-38(4,36)37)24(35)33(3)17-19-5-8-23(31-16-19)26(28,29)30/h5-8,15-16,21,32H,9-14,17H2,1-4H3. The van der Waals surface area contributed by atoms with E-state index in [-0.39, 0.29) is 18.5 Å². The second kappa shape index (κ2) is 11.9. The van der Waals surface area contributed by atoms with Gasteiger partial charge >= 0.3 is 6.18 Å². The van der Waals surface area contributed by atoms with Crippen LogP contribution >= 0.6 is 11.6 Å². The summed E-state index contributed by atoms with van der Waals surface area (Å²) in [6, 6.07) is 7.64. The van der Waals surface area contributed by atoms with Gasteiger partial charge in [-0.15, -0.1) is 0 Å². The molecule has 1 aliphatic heterocycles. The molecule has 210 valence electrons. The van der Waals surface area contributed by atoms with Crippen LogP contribution in [0.3, 0.4) is 0 Å². The van der Waals surface area contributed by atoms with E-state index in [0.29, 0.717) is 49.5 Å². The van der Waals surface area contributed by atoms with E-state index >= 15 is 0 Å². The van der Waals surface area contributed by atoms with Crippen molar-refractivity contribution in [3.8, 4) is 0 Å². The number of hydrogen-bond donors (Lipinski definition) is 1. The normalized spacial score (nSPS) is 17.3. The highest BCUT2D eigenvalue weighted by atomic mass is 35.5. The fourth-order valence-corrected chi connectivity index (χ4v) is 5.73. The average Bonchev–Trinajstić information content (AvgIpc) is 2.83. The molecule has 12 heteroatoms. The molecule has 1 aliphatic rings. The molecule has 3 rings (SSSR count). The summed E-state index contributed by atoms with van der Waals surface area (Å²) in [5.41, 5.74) is 0.225. The first-order valence-corrected chi connectivity index (χ1v) is 14.6. The number of carbonyl (C=O) groups is 1. The molecular formula is C26H34ClF3N4O3S. The highest BCUT2D eigenvalue weighted by Gasteiger charge is 2.38. The molecule has 1 N–H and O–H groups in total. The quantitative estimate of drug-likeness (QED) is 0.481. The number of likely N-dealkylation sites (N-methyl/N-ethyl adjacent to an activating group) is 1. The van der Waals surface area contributed by atoms with E-state index in [1.165, 1.54) is 11.0 Å². The second-order valence-corrected chi connectivity index (χ2v) is 12.4. The number of carbonyl (C=O) groups excluding carboxylic acids is 1. The lowest BCUT2D eigenvalue weighted by molar-refractivity contribution is -0.141. The molecule has 1 aromatic carbocycles. The van der Waals surface area contributed by atoms with E-state index in [1.54, 1.807) is 13.1 Å². The topological polar surface area (TPSA) is 82.6 Å². The van der Waals surface area contributed by atoms with Crippen LogP contribution in [0.25, 0.3) is 0 Å². The molecule has 0 aliphatic carbocycles. The molecule has 7 nitrogen and oxygen atoms in total. The summed E-state index contributed by atoms with van der Waals surface area (Å²) in [5.74, 6) is -0.173.